The van der Waals surface area contributed by atoms with Crippen LogP contribution in [0.1, 0.15) is 26.5 Å². The normalized spacial score (nSPS) is 15.9. The van der Waals surface area contributed by atoms with E-state index in [1.165, 1.54) is 0 Å². The summed E-state index contributed by atoms with van der Waals surface area (Å²) in [5.74, 6) is 2.58. The molecule has 2 N–H and O–H groups in total. The molecule has 0 aliphatic carbocycles. The van der Waals surface area contributed by atoms with E-state index in [1.807, 2.05) is 50.2 Å². The number of nitrogens with one attached hydrogen (secondary N) is 2. The molecule has 1 aliphatic rings. The molecule has 0 bridgehead atoms. The van der Waals surface area contributed by atoms with E-state index in [2.05, 4.69) is 22.5 Å². The van der Waals surface area contributed by atoms with Gasteiger partial charge in [-0.15, -0.1) is 24.0 Å². The van der Waals surface area contributed by atoms with Crippen molar-refractivity contribution in [2.24, 2.45) is 4.99 Å². The molecule has 2 aromatic rings. The van der Waals surface area contributed by atoms with Gasteiger partial charge in [0, 0.05) is 37.8 Å². The molecule has 172 valence electrons. The van der Waals surface area contributed by atoms with Crippen LogP contribution in [0.25, 0.3) is 0 Å². The van der Waals surface area contributed by atoms with Crippen molar-refractivity contribution < 1.29 is 13.9 Å². The average molecular weight is 542 g/mol. The molecule has 1 aliphatic heterocycles. The predicted octanol–water partition coefficient (Wildman–Crippen LogP) is 4.01. The number of benzene rings is 1. The molecule has 1 fully saturated rings. The van der Waals surface area contributed by atoms with Gasteiger partial charge in [-0.05, 0) is 57.2 Å². The lowest BCUT2D eigenvalue weighted by molar-refractivity contribution is 0.0220. The van der Waals surface area contributed by atoms with Gasteiger partial charge in [0.2, 0.25) is 0 Å². The minimum absolute atomic E-state index is 0. The monoisotopic (exact) mass is 542 g/mol. The molecule has 0 radical (unpaired) electrons. The van der Waals surface area contributed by atoms with Crippen LogP contribution in [0.15, 0.2) is 52.1 Å². The molecule has 1 aromatic carbocycles. The third-order valence-corrected chi connectivity index (χ3v) is 4.92. The minimum atomic E-state index is 0. The molecule has 0 spiro atoms. The van der Waals surface area contributed by atoms with Crippen molar-refractivity contribution in [2.45, 2.75) is 39.3 Å². The van der Waals surface area contributed by atoms with Crippen LogP contribution in [0.2, 0.25) is 0 Å². The van der Waals surface area contributed by atoms with Crippen LogP contribution in [0, 0.1) is 0 Å². The van der Waals surface area contributed by atoms with Gasteiger partial charge < -0.3 is 24.5 Å². The molecule has 8 heteroatoms. The van der Waals surface area contributed by atoms with E-state index in [1.54, 1.807) is 6.26 Å². The van der Waals surface area contributed by atoms with E-state index in [0.29, 0.717) is 12.6 Å². The quantitative estimate of drug-likeness (QED) is 0.284. The second-order valence-electron chi connectivity index (χ2n) is 7.76. The van der Waals surface area contributed by atoms with Gasteiger partial charge >= 0.3 is 0 Å². The summed E-state index contributed by atoms with van der Waals surface area (Å²) in [6.45, 7) is 11.2. The fraction of sp³-hybridized carbons (Fsp3) is 0.522. The maximum atomic E-state index is 5.73. The summed E-state index contributed by atoms with van der Waals surface area (Å²) >= 11 is 0. The Morgan fingerprint density at radius 3 is 2.52 bits per heavy atom. The van der Waals surface area contributed by atoms with Gasteiger partial charge in [0.05, 0.1) is 32.1 Å². The molecule has 1 unspecified atom stereocenters. The zero-order chi connectivity index (χ0) is 21.2. The molecule has 3 rings (SSSR count). The lowest BCUT2D eigenvalue weighted by Crippen LogP contribution is -2.44. The molecule has 31 heavy (non-hydrogen) atoms. The standard InChI is InChI=1S/C23H34N4O3.HI/c1-18(2)30-22-8-6-20(7-9-22)26-23(24-11-10-21-5-4-14-29-21)25-17-19(3)27-12-15-28-16-13-27;/h4-9,14,18-19H,10-13,15-17H2,1-3H3,(H2,24,25,26);1H. The van der Waals surface area contributed by atoms with Crippen LogP contribution in [-0.2, 0) is 11.2 Å². The van der Waals surface area contributed by atoms with Gasteiger partial charge in [-0.2, -0.15) is 0 Å². The smallest absolute Gasteiger partial charge is 0.195 e. The molecule has 7 nitrogen and oxygen atoms in total. The number of anilines is 1. The summed E-state index contributed by atoms with van der Waals surface area (Å²) in [5, 5.41) is 6.82. The molecular weight excluding hydrogens is 507 g/mol. The van der Waals surface area contributed by atoms with Crippen molar-refractivity contribution >= 4 is 35.6 Å². The zero-order valence-electron chi connectivity index (χ0n) is 18.7. The molecule has 1 saturated heterocycles. The number of hydrogen-bond acceptors (Lipinski definition) is 5. The number of aliphatic imine (C=N–C) groups is 1. The zero-order valence-corrected chi connectivity index (χ0v) is 21.0. The van der Waals surface area contributed by atoms with Gasteiger partial charge in [-0.1, -0.05) is 0 Å². The lowest BCUT2D eigenvalue weighted by atomic mass is 10.2. The van der Waals surface area contributed by atoms with Crippen molar-refractivity contribution in [3.8, 4) is 5.75 Å². The third-order valence-electron chi connectivity index (χ3n) is 4.92. The highest BCUT2D eigenvalue weighted by Crippen LogP contribution is 2.17. The molecule has 0 amide bonds. The highest BCUT2D eigenvalue weighted by atomic mass is 127. The fourth-order valence-electron chi connectivity index (χ4n) is 3.28. The number of guanidine groups is 1. The highest BCUT2D eigenvalue weighted by molar-refractivity contribution is 14.0. The largest absolute Gasteiger partial charge is 0.491 e. The number of hydrogen-bond donors (Lipinski definition) is 2. The average Bonchev–Trinajstić information content (AvgIpc) is 3.27. The number of halogens is 1. The Hall–Kier alpha value is -1.78. The predicted molar refractivity (Wildman–Crippen MR) is 136 cm³/mol. The highest BCUT2D eigenvalue weighted by Gasteiger charge is 2.16. The van der Waals surface area contributed by atoms with Crippen LogP contribution in [0.5, 0.6) is 5.75 Å². The van der Waals surface area contributed by atoms with Crippen LogP contribution in [0.4, 0.5) is 5.69 Å². The van der Waals surface area contributed by atoms with Crippen LogP contribution in [-0.4, -0.2) is 62.4 Å². The first-order chi connectivity index (χ1) is 14.6. The second kappa shape index (κ2) is 13.6. The van der Waals surface area contributed by atoms with Gasteiger partial charge in [-0.3, -0.25) is 9.89 Å². The van der Waals surface area contributed by atoms with Gasteiger partial charge in [0.1, 0.15) is 11.5 Å². The SMILES string of the molecule is CC(C)Oc1ccc(NC(=NCC(C)N2CCOCC2)NCCc2ccco2)cc1.I. The van der Waals surface area contributed by atoms with E-state index >= 15 is 0 Å². The van der Waals surface area contributed by atoms with Crippen molar-refractivity contribution in [2.75, 3.05) is 44.7 Å². The third kappa shape index (κ3) is 9.08. The molecule has 1 aromatic heterocycles. The Balaban J connectivity index is 0.00000341. The van der Waals surface area contributed by atoms with Gasteiger partial charge in [-0.25, -0.2) is 0 Å². The Kier molecular flexibility index (Phi) is 11.2. The number of ether oxygens (including phenoxy) is 2. The van der Waals surface area contributed by atoms with Crippen molar-refractivity contribution in [3.05, 3.63) is 48.4 Å². The maximum absolute atomic E-state index is 5.73. The van der Waals surface area contributed by atoms with Gasteiger partial charge in [0.25, 0.3) is 0 Å². The Morgan fingerprint density at radius 2 is 1.87 bits per heavy atom. The first-order valence-electron chi connectivity index (χ1n) is 10.8. The number of rotatable bonds is 9. The number of nitrogens with zero attached hydrogens (tertiary/aromatic N) is 2. The van der Waals surface area contributed by atoms with Gasteiger partial charge in [0.15, 0.2) is 5.96 Å². The number of furan rings is 1. The second-order valence-corrected chi connectivity index (χ2v) is 7.76. The summed E-state index contributed by atoms with van der Waals surface area (Å²) in [4.78, 5) is 7.26. The number of morpholine rings is 1. The summed E-state index contributed by atoms with van der Waals surface area (Å²) < 4.78 is 16.6. The lowest BCUT2D eigenvalue weighted by Gasteiger charge is -2.31. The molecular formula is C23H35IN4O3. The summed E-state index contributed by atoms with van der Waals surface area (Å²) in [5.41, 5.74) is 0.967. The van der Waals surface area contributed by atoms with E-state index in [-0.39, 0.29) is 30.1 Å². The van der Waals surface area contributed by atoms with Crippen molar-refractivity contribution in [1.29, 1.82) is 0 Å². The molecule has 1 atom stereocenters. The van der Waals surface area contributed by atoms with Crippen LogP contribution < -0.4 is 15.4 Å². The van der Waals surface area contributed by atoms with Crippen LogP contribution >= 0.6 is 24.0 Å². The summed E-state index contributed by atoms with van der Waals surface area (Å²) in [6, 6.07) is 12.2. The Bertz CT molecular complexity index is 760. The topological polar surface area (TPSA) is 71.3 Å². The maximum Gasteiger partial charge on any atom is 0.195 e. The summed E-state index contributed by atoms with van der Waals surface area (Å²) in [7, 11) is 0. The van der Waals surface area contributed by atoms with E-state index in [0.717, 1.165) is 62.4 Å². The van der Waals surface area contributed by atoms with E-state index in [9.17, 15) is 0 Å². The van der Waals surface area contributed by atoms with Crippen molar-refractivity contribution in [1.82, 2.24) is 10.2 Å². The van der Waals surface area contributed by atoms with Crippen molar-refractivity contribution in [3.63, 3.8) is 0 Å². The van der Waals surface area contributed by atoms with E-state index < -0.39 is 0 Å². The Labute approximate surface area is 202 Å². The minimum Gasteiger partial charge on any atom is -0.491 e. The Morgan fingerprint density at radius 1 is 1.13 bits per heavy atom. The fourth-order valence-corrected chi connectivity index (χ4v) is 3.28. The first-order valence-corrected chi connectivity index (χ1v) is 10.8. The molecule has 0 saturated carbocycles. The van der Waals surface area contributed by atoms with Crippen LogP contribution in [0.3, 0.4) is 0 Å². The van der Waals surface area contributed by atoms with E-state index in [4.69, 9.17) is 18.9 Å². The molecule has 2 heterocycles. The summed E-state index contributed by atoms with van der Waals surface area (Å²) in [6.07, 6.45) is 2.66. The first kappa shape index (κ1) is 25.5.